The van der Waals surface area contributed by atoms with Crippen molar-refractivity contribution in [2.75, 3.05) is 13.2 Å². The third-order valence-corrected chi connectivity index (χ3v) is 3.30. The van der Waals surface area contributed by atoms with Gasteiger partial charge in [-0.3, -0.25) is 10.1 Å². The van der Waals surface area contributed by atoms with Crippen LogP contribution in [0, 0.1) is 0 Å². The van der Waals surface area contributed by atoms with E-state index in [9.17, 15) is 14.4 Å². The van der Waals surface area contributed by atoms with Gasteiger partial charge in [0.1, 0.15) is 0 Å². The summed E-state index contributed by atoms with van der Waals surface area (Å²) in [6, 6.07) is 4.50. The number of hydrogen-bond donors (Lipinski definition) is 2. The maximum Gasteiger partial charge on any atom is 0.331 e. The van der Waals surface area contributed by atoms with Gasteiger partial charge in [0.15, 0.2) is 17.6 Å². The topological polar surface area (TPSA) is 103 Å². The number of carbonyl (C=O) groups excluding carboxylic acids is 3. The molecule has 8 nitrogen and oxygen atoms in total. The van der Waals surface area contributed by atoms with Crippen molar-refractivity contribution in [1.29, 1.82) is 0 Å². The van der Waals surface area contributed by atoms with Gasteiger partial charge in [-0.2, -0.15) is 0 Å². The van der Waals surface area contributed by atoms with Crippen LogP contribution >= 0.6 is 0 Å². The number of esters is 1. The highest BCUT2D eigenvalue weighted by molar-refractivity contribution is 5.98. The fourth-order valence-electron chi connectivity index (χ4n) is 2.11. The Morgan fingerprint density at radius 2 is 1.68 bits per heavy atom. The number of amides is 3. The molecular weight excluding hydrogens is 364 g/mol. The minimum atomic E-state index is -1.12. The summed E-state index contributed by atoms with van der Waals surface area (Å²) in [5.74, 6) is -0.226. The summed E-state index contributed by atoms with van der Waals surface area (Å²) in [6.45, 7) is 9.63. The van der Waals surface area contributed by atoms with Crippen molar-refractivity contribution in [3.8, 4) is 11.5 Å². The first-order valence-corrected chi connectivity index (χ1v) is 9.16. The van der Waals surface area contributed by atoms with Crippen LogP contribution in [0.2, 0.25) is 0 Å². The molecule has 0 bridgehead atoms. The predicted molar refractivity (Wildman–Crippen MR) is 105 cm³/mol. The number of hydrogen-bond acceptors (Lipinski definition) is 6. The first kappa shape index (κ1) is 23.0. The fourth-order valence-corrected chi connectivity index (χ4v) is 2.11. The van der Waals surface area contributed by atoms with Gasteiger partial charge < -0.3 is 19.5 Å². The van der Waals surface area contributed by atoms with Crippen molar-refractivity contribution >= 4 is 24.0 Å². The maximum atomic E-state index is 11.9. The highest BCUT2D eigenvalue weighted by atomic mass is 16.5. The van der Waals surface area contributed by atoms with Gasteiger partial charge in [0.25, 0.3) is 5.91 Å². The van der Waals surface area contributed by atoms with Gasteiger partial charge in [0.05, 0.1) is 13.2 Å². The lowest BCUT2D eigenvalue weighted by Gasteiger charge is -2.13. The predicted octanol–water partition coefficient (Wildman–Crippen LogP) is 2.66. The molecule has 0 saturated heterocycles. The van der Waals surface area contributed by atoms with Gasteiger partial charge in [-0.25, -0.2) is 9.59 Å². The lowest BCUT2D eigenvalue weighted by molar-refractivity contribution is -0.149. The third kappa shape index (κ3) is 8.11. The Labute approximate surface area is 165 Å². The molecule has 0 saturated carbocycles. The van der Waals surface area contributed by atoms with Gasteiger partial charge in [-0.1, -0.05) is 6.07 Å². The zero-order valence-corrected chi connectivity index (χ0v) is 16.9. The van der Waals surface area contributed by atoms with Crippen LogP contribution < -0.4 is 20.1 Å². The highest BCUT2D eigenvalue weighted by Crippen LogP contribution is 2.29. The zero-order chi connectivity index (χ0) is 21.1. The van der Waals surface area contributed by atoms with E-state index in [4.69, 9.17) is 14.2 Å². The molecule has 0 fully saturated rings. The number of ether oxygens (including phenoxy) is 3. The van der Waals surface area contributed by atoms with Crippen molar-refractivity contribution in [3.63, 3.8) is 0 Å². The van der Waals surface area contributed by atoms with Gasteiger partial charge in [0, 0.05) is 12.1 Å². The van der Waals surface area contributed by atoms with Crippen LogP contribution in [0.4, 0.5) is 4.79 Å². The maximum absolute atomic E-state index is 11.9. The summed E-state index contributed by atoms with van der Waals surface area (Å²) in [5, 5.41) is 4.62. The Morgan fingerprint density at radius 3 is 2.29 bits per heavy atom. The summed E-state index contributed by atoms with van der Waals surface area (Å²) in [6.07, 6.45) is 1.62. The van der Waals surface area contributed by atoms with Crippen LogP contribution in [-0.4, -0.2) is 43.3 Å². The summed E-state index contributed by atoms with van der Waals surface area (Å²) in [4.78, 5) is 35.3. The molecule has 28 heavy (non-hydrogen) atoms. The molecule has 3 amide bonds. The molecule has 2 N–H and O–H groups in total. The highest BCUT2D eigenvalue weighted by Gasteiger charge is 2.19. The molecule has 0 radical (unpaired) electrons. The second kappa shape index (κ2) is 11.6. The number of rotatable bonds is 9. The second-order valence-corrected chi connectivity index (χ2v) is 6.10. The Hall–Kier alpha value is -3.03. The smallest absolute Gasteiger partial charge is 0.331 e. The van der Waals surface area contributed by atoms with Crippen molar-refractivity contribution in [2.45, 2.75) is 46.8 Å². The Kier molecular flexibility index (Phi) is 9.56. The molecule has 0 aromatic heterocycles. The summed E-state index contributed by atoms with van der Waals surface area (Å²) in [5.41, 5.74) is 0.706. The van der Waals surface area contributed by atoms with Gasteiger partial charge in [-0.15, -0.1) is 0 Å². The SMILES string of the molecule is CCOc1ccc(/C=C/C(=O)O[C@@H](C)C(=O)NC(=O)NC(C)C)cc1OCC. The van der Waals surface area contributed by atoms with E-state index in [-0.39, 0.29) is 6.04 Å². The van der Waals surface area contributed by atoms with Crippen molar-refractivity contribution < 1.29 is 28.6 Å². The number of carbonyl (C=O) groups is 3. The lowest BCUT2D eigenvalue weighted by Crippen LogP contribution is -2.46. The van der Waals surface area contributed by atoms with E-state index in [2.05, 4.69) is 10.6 Å². The largest absolute Gasteiger partial charge is 0.490 e. The summed E-state index contributed by atoms with van der Waals surface area (Å²) >= 11 is 0. The van der Waals surface area contributed by atoms with Crippen LogP contribution in [0.25, 0.3) is 6.08 Å². The average Bonchev–Trinajstić information content (AvgIpc) is 2.61. The quantitative estimate of drug-likeness (QED) is 0.495. The van der Waals surface area contributed by atoms with Crippen molar-refractivity contribution in [1.82, 2.24) is 10.6 Å². The van der Waals surface area contributed by atoms with Gasteiger partial charge in [0.2, 0.25) is 0 Å². The van der Waals surface area contributed by atoms with Crippen LogP contribution in [0.5, 0.6) is 11.5 Å². The molecule has 154 valence electrons. The van der Waals surface area contributed by atoms with E-state index < -0.39 is 24.0 Å². The zero-order valence-electron chi connectivity index (χ0n) is 16.9. The molecule has 0 spiro atoms. The summed E-state index contributed by atoms with van der Waals surface area (Å²) in [7, 11) is 0. The Morgan fingerprint density at radius 1 is 1.04 bits per heavy atom. The molecule has 0 aliphatic rings. The molecule has 0 unspecified atom stereocenters. The van der Waals surface area contributed by atoms with E-state index >= 15 is 0 Å². The fraction of sp³-hybridized carbons (Fsp3) is 0.450. The molecule has 1 rings (SSSR count). The van der Waals surface area contributed by atoms with E-state index in [1.165, 1.54) is 19.1 Å². The van der Waals surface area contributed by atoms with Crippen LogP contribution in [0.3, 0.4) is 0 Å². The molecule has 0 aliphatic heterocycles. The van der Waals surface area contributed by atoms with Crippen LogP contribution in [-0.2, 0) is 14.3 Å². The Bertz CT molecular complexity index is 715. The molecule has 1 aromatic carbocycles. The Balaban J connectivity index is 2.66. The molecule has 0 heterocycles. The van der Waals surface area contributed by atoms with Crippen molar-refractivity contribution in [2.24, 2.45) is 0 Å². The normalized spacial score (nSPS) is 11.8. The number of nitrogens with one attached hydrogen (secondary N) is 2. The first-order chi connectivity index (χ1) is 13.3. The monoisotopic (exact) mass is 392 g/mol. The standard InChI is InChI=1S/C20H28N2O6/c1-6-26-16-10-8-15(12-17(16)27-7-2)9-11-18(23)28-14(5)19(24)22-20(25)21-13(3)4/h8-14H,6-7H2,1-5H3,(H2,21,22,24,25)/b11-9+/t14-/m0/s1. The minimum absolute atomic E-state index is 0.121. The van der Waals surface area contributed by atoms with Crippen molar-refractivity contribution in [3.05, 3.63) is 29.8 Å². The molecule has 1 aromatic rings. The van der Waals surface area contributed by atoms with Crippen LogP contribution in [0.1, 0.15) is 40.2 Å². The van der Waals surface area contributed by atoms with Gasteiger partial charge >= 0.3 is 12.0 Å². The van der Waals surface area contributed by atoms with E-state index in [1.54, 1.807) is 32.0 Å². The third-order valence-electron chi connectivity index (χ3n) is 3.30. The van der Waals surface area contributed by atoms with E-state index in [0.717, 1.165) is 0 Å². The lowest BCUT2D eigenvalue weighted by atomic mass is 10.2. The van der Waals surface area contributed by atoms with E-state index in [0.29, 0.717) is 30.3 Å². The summed E-state index contributed by atoms with van der Waals surface area (Å²) < 4.78 is 16.0. The molecule has 0 aliphatic carbocycles. The number of urea groups is 1. The number of benzene rings is 1. The average molecular weight is 392 g/mol. The minimum Gasteiger partial charge on any atom is -0.490 e. The molecule has 1 atom stereocenters. The van der Waals surface area contributed by atoms with Crippen LogP contribution in [0.15, 0.2) is 24.3 Å². The van der Waals surface area contributed by atoms with E-state index in [1.807, 2.05) is 13.8 Å². The molecular formula is C20H28N2O6. The second-order valence-electron chi connectivity index (χ2n) is 6.10. The molecule has 8 heteroatoms. The number of imide groups is 1. The van der Waals surface area contributed by atoms with Gasteiger partial charge in [-0.05, 0) is 58.4 Å². The first-order valence-electron chi connectivity index (χ1n) is 9.16.